The molecule has 2 aromatic carbocycles. The summed E-state index contributed by atoms with van der Waals surface area (Å²) >= 11 is 0. The van der Waals surface area contributed by atoms with Crippen LogP contribution in [0.25, 0.3) is 27.7 Å². The number of aryl methyl sites for hydroxylation is 1. The Labute approximate surface area is 179 Å². The fraction of sp³-hybridized carbons (Fsp3) is 0.240. The van der Waals surface area contributed by atoms with Crippen molar-refractivity contribution >= 4 is 10.9 Å². The lowest BCUT2D eigenvalue weighted by Crippen LogP contribution is -2.26. The normalized spacial score (nSPS) is 14.1. The van der Waals surface area contributed by atoms with Crippen LogP contribution in [0.5, 0.6) is 5.75 Å². The van der Waals surface area contributed by atoms with Crippen LogP contribution in [0.2, 0.25) is 0 Å². The number of halogens is 1. The zero-order valence-corrected chi connectivity index (χ0v) is 17.9. The Morgan fingerprint density at radius 3 is 2.61 bits per heavy atom. The Bertz CT molecular complexity index is 1370. The maximum atomic E-state index is 14.4. The average Bonchev–Trinajstić information content (AvgIpc) is 3.04. The molecule has 0 saturated carbocycles. The first kappa shape index (κ1) is 19.6. The largest absolute Gasteiger partial charge is 0.497 e. The van der Waals surface area contributed by atoms with E-state index in [0.29, 0.717) is 16.9 Å². The number of hydrogen-bond acceptors (Lipinski definition) is 3. The molecule has 0 atom stereocenters. The molecule has 5 rings (SSSR count). The highest BCUT2D eigenvalue weighted by atomic mass is 19.1. The maximum Gasteiger partial charge on any atom is 0.255 e. The lowest BCUT2D eigenvalue weighted by molar-refractivity contribution is 0.310. The second-order valence-electron chi connectivity index (χ2n) is 8.14. The van der Waals surface area contributed by atoms with Crippen molar-refractivity contribution in [2.45, 2.75) is 13.0 Å². The number of aromatic nitrogens is 2. The molecule has 1 aliphatic heterocycles. The van der Waals surface area contributed by atoms with Gasteiger partial charge in [0.25, 0.3) is 5.56 Å². The van der Waals surface area contributed by atoms with Crippen molar-refractivity contribution in [1.82, 2.24) is 14.0 Å². The number of ether oxygens (including phenoxy) is 1. The average molecular weight is 417 g/mol. The Hall–Kier alpha value is -3.38. The summed E-state index contributed by atoms with van der Waals surface area (Å²) < 4.78 is 23.3. The summed E-state index contributed by atoms with van der Waals surface area (Å²) in [4.78, 5) is 15.2. The molecule has 0 aliphatic carbocycles. The number of pyridine rings is 1. The summed E-state index contributed by atoms with van der Waals surface area (Å²) in [7, 11) is 5.73. The van der Waals surface area contributed by atoms with Crippen LogP contribution in [0.3, 0.4) is 0 Å². The minimum Gasteiger partial charge on any atom is -0.497 e. The first-order valence-corrected chi connectivity index (χ1v) is 10.3. The molecule has 0 saturated heterocycles. The third kappa shape index (κ3) is 3.24. The van der Waals surface area contributed by atoms with Crippen molar-refractivity contribution in [2.75, 3.05) is 20.7 Å². The zero-order chi connectivity index (χ0) is 21.7. The molecule has 6 heteroatoms. The van der Waals surface area contributed by atoms with E-state index in [2.05, 4.69) is 35.7 Å². The molecule has 5 nitrogen and oxygen atoms in total. The Balaban J connectivity index is 1.56. The van der Waals surface area contributed by atoms with Gasteiger partial charge in [0.15, 0.2) is 0 Å². The highest BCUT2D eigenvalue weighted by molar-refractivity contribution is 5.87. The fourth-order valence-electron chi connectivity index (χ4n) is 4.56. The number of rotatable bonds is 3. The van der Waals surface area contributed by atoms with Crippen molar-refractivity contribution in [3.8, 4) is 22.6 Å². The molecule has 158 valence electrons. The van der Waals surface area contributed by atoms with Gasteiger partial charge in [-0.1, -0.05) is 6.07 Å². The predicted molar refractivity (Wildman–Crippen MR) is 121 cm³/mol. The lowest BCUT2D eigenvalue weighted by atomic mass is 10.0. The van der Waals surface area contributed by atoms with E-state index in [1.807, 2.05) is 6.07 Å². The topological polar surface area (TPSA) is 39.4 Å². The molecule has 0 fully saturated rings. The summed E-state index contributed by atoms with van der Waals surface area (Å²) in [5.41, 5.74) is 5.37. The molecule has 2 aromatic heterocycles. The van der Waals surface area contributed by atoms with Gasteiger partial charge in [-0.2, -0.15) is 0 Å². The molecular weight excluding hydrogens is 393 g/mol. The monoisotopic (exact) mass is 417 g/mol. The summed E-state index contributed by atoms with van der Waals surface area (Å²) in [5, 5.41) is 1.23. The van der Waals surface area contributed by atoms with Crippen LogP contribution in [0.4, 0.5) is 4.39 Å². The summed E-state index contributed by atoms with van der Waals surface area (Å²) in [6.45, 7) is 1.99. The standard InChI is InChI=1S/C25H24FN3O2/c1-27-10-9-23-21(15-27)20-6-4-17(13-24(20)28(23)2)29-11-8-16(12-25(29)30)19-7-5-18(31-3)14-22(19)26/h4-8,11-14H,9-10,15H2,1-3H3. The molecule has 0 N–H and O–H groups in total. The number of benzene rings is 2. The van der Waals surface area contributed by atoms with Gasteiger partial charge in [0.1, 0.15) is 11.6 Å². The number of likely N-dealkylation sites (N-methyl/N-ethyl adjacent to an activating group) is 1. The van der Waals surface area contributed by atoms with E-state index in [0.717, 1.165) is 30.7 Å². The van der Waals surface area contributed by atoms with Gasteiger partial charge in [0, 0.05) is 61.5 Å². The Morgan fingerprint density at radius 1 is 1.03 bits per heavy atom. The van der Waals surface area contributed by atoms with Crippen LogP contribution in [0, 0.1) is 5.82 Å². The first-order chi connectivity index (χ1) is 15.0. The van der Waals surface area contributed by atoms with E-state index in [-0.39, 0.29) is 5.56 Å². The molecule has 0 radical (unpaired) electrons. The van der Waals surface area contributed by atoms with E-state index >= 15 is 0 Å². The number of methoxy groups -OCH3 is 1. The molecule has 3 heterocycles. The van der Waals surface area contributed by atoms with Crippen LogP contribution in [0.1, 0.15) is 11.3 Å². The molecule has 0 spiro atoms. The van der Waals surface area contributed by atoms with E-state index in [4.69, 9.17) is 4.74 Å². The first-order valence-electron chi connectivity index (χ1n) is 10.3. The van der Waals surface area contributed by atoms with Crippen molar-refractivity contribution in [3.05, 3.63) is 82.2 Å². The smallest absolute Gasteiger partial charge is 0.255 e. The molecule has 0 bridgehead atoms. The number of fused-ring (bicyclic) bond motifs is 3. The minimum absolute atomic E-state index is 0.203. The molecule has 0 amide bonds. The quantitative estimate of drug-likeness (QED) is 0.503. The van der Waals surface area contributed by atoms with Crippen molar-refractivity contribution in [3.63, 3.8) is 0 Å². The Morgan fingerprint density at radius 2 is 1.87 bits per heavy atom. The highest BCUT2D eigenvalue weighted by Gasteiger charge is 2.21. The van der Waals surface area contributed by atoms with Gasteiger partial charge in [-0.05, 0) is 48.5 Å². The van der Waals surface area contributed by atoms with Gasteiger partial charge in [-0.15, -0.1) is 0 Å². The van der Waals surface area contributed by atoms with Crippen molar-refractivity contribution in [1.29, 1.82) is 0 Å². The molecule has 31 heavy (non-hydrogen) atoms. The van der Waals surface area contributed by atoms with Gasteiger partial charge >= 0.3 is 0 Å². The SMILES string of the molecule is COc1ccc(-c2ccn(-c3ccc4c5c(n(C)c4c3)CCN(C)C5)c(=O)c2)c(F)c1. The van der Waals surface area contributed by atoms with Gasteiger partial charge in [-0.3, -0.25) is 9.36 Å². The second-order valence-corrected chi connectivity index (χ2v) is 8.14. The second kappa shape index (κ2) is 7.39. The van der Waals surface area contributed by atoms with Crippen LogP contribution < -0.4 is 10.3 Å². The van der Waals surface area contributed by atoms with Gasteiger partial charge < -0.3 is 14.2 Å². The minimum atomic E-state index is -0.419. The third-order valence-corrected chi connectivity index (χ3v) is 6.26. The van der Waals surface area contributed by atoms with Gasteiger partial charge in [0.05, 0.1) is 18.3 Å². The van der Waals surface area contributed by atoms with Crippen molar-refractivity contribution in [2.24, 2.45) is 7.05 Å². The summed E-state index contributed by atoms with van der Waals surface area (Å²) in [5.74, 6) is 0.0247. The fourth-order valence-corrected chi connectivity index (χ4v) is 4.56. The van der Waals surface area contributed by atoms with Crippen LogP contribution >= 0.6 is 0 Å². The van der Waals surface area contributed by atoms with Crippen LogP contribution in [-0.4, -0.2) is 34.7 Å². The molecular formula is C25H24FN3O2. The van der Waals surface area contributed by atoms with E-state index in [1.165, 1.54) is 35.9 Å². The predicted octanol–water partition coefficient (Wildman–Crippen LogP) is 4.13. The summed E-state index contributed by atoms with van der Waals surface area (Å²) in [6.07, 6.45) is 2.73. The Kier molecular flexibility index (Phi) is 4.67. The molecule has 1 aliphatic rings. The summed E-state index contributed by atoms with van der Waals surface area (Å²) in [6, 6.07) is 14.0. The number of hydrogen-bond donors (Lipinski definition) is 0. The third-order valence-electron chi connectivity index (χ3n) is 6.26. The van der Waals surface area contributed by atoms with Crippen molar-refractivity contribution < 1.29 is 9.13 Å². The number of nitrogens with zero attached hydrogens (tertiary/aromatic N) is 3. The highest BCUT2D eigenvalue weighted by Crippen LogP contribution is 2.31. The van der Waals surface area contributed by atoms with Gasteiger partial charge in [-0.25, -0.2) is 4.39 Å². The van der Waals surface area contributed by atoms with E-state index < -0.39 is 5.82 Å². The maximum absolute atomic E-state index is 14.4. The molecule has 0 unspecified atom stereocenters. The molecule has 4 aromatic rings. The van der Waals surface area contributed by atoms with Gasteiger partial charge in [0.2, 0.25) is 0 Å². The van der Waals surface area contributed by atoms with E-state index in [9.17, 15) is 9.18 Å². The van der Waals surface area contributed by atoms with Crippen LogP contribution in [-0.2, 0) is 20.0 Å². The van der Waals surface area contributed by atoms with Crippen LogP contribution in [0.15, 0.2) is 59.5 Å². The lowest BCUT2D eigenvalue weighted by Gasteiger charge is -2.23. The van der Waals surface area contributed by atoms with E-state index in [1.54, 1.807) is 29.0 Å². The zero-order valence-electron chi connectivity index (χ0n) is 17.9.